The van der Waals surface area contributed by atoms with Gasteiger partial charge >= 0.3 is 5.63 Å². The zero-order valence-electron chi connectivity index (χ0n) is 12.9. The number of benzene rings is 1. The van der Waals surface area contributed by atoms with Crippen LogP contribution in [0.5, 0.6) is 0 Å². The Morgan fingerprint density at radius 3 is 2.74 bits per heavy atom. The molecule has 1 saturated carbocycles. The van der Waals surface area contributed by atoms with Gasteiger partial charge in [-0.15, -0.1) is 0 Å². The summed E-state index contributed by atoms with van der Waals surface area (Å²) in [4.78, 5) is 27.0. The van der Waals surface area contributed by atoms with E-state index in [2.05, 4.69) is 0 Å². The first-order chi connectivity index (χ1) is 11.2. The van der Waals surface area contributed by atoms with Gasteiger partial charge in [0.1, 0.15) is 16.9 Å². The summed E-state index contributed by atoms with van der Waals surface area (Å²) in [6.45, 7) is 1.07. The number of para-hydroxylation sites is 1. The molecule has 2 aromatic rings. The Morgan fingerprint density at radius 1 is 1.13 bits per heavy atom. The summed E-state index contributed by atoms with van der Waals surface area (Å²) in [6, 6.07) is 8.87. The Morgan fingerprint density at radius 2 is 1.91 bits per heavy atom. The number of nitrogens with zero attached hydrogens (tertiary/aromatic N) is 1. The number of rotatable bonds is 1. The second kappa shape index (κ2) is 5.49. The average molecular weight is 313 g/mol. The van der Waals surface area contributed by atoms with Crippen LogP contribution in [0, 0.1) is 0 Å². The van der Waals surface area contributed by atoms with E-state index in [-0.39, 0.29) is 11.5 Å². The van der Waals surface area contributed by atoms with Crippen LogP contribution < -0.4 is 5.63 Å². The molecule has 2 aliphatic rings. The molecule has 0 radical (unpaired) electrons. The molecular formula is C18H19NO4. The molecule has 1 spiro atoms. The van der Waals surface area contributed by atoms with E-state index in [1.165, 1.54) is 6.42 Å². The Hall–Kier alpha value is -2.14. The van der Waals surface area contributed by atoms with E-state index in [0.29, 0.717) is 18.7 Å². The number of fused-ring (bicyclic) bond motifs is 1. The third-order valence-electron chi connectivity index (χ3n) is 4.93. The maximum Gasteiger partial charge on any atom is 0.349 e. The highest BCUT2D eigenvalue weighted by molar-refractivity contribution is 5.97. The van der Waals surface area contributed by atoms with Crippen molar-refractivity contribution in [3.05, 3.63) is 46.3 Å². The topological polar surface area (TPSA) is 59.8 Å². The molecule has 1 saturated heterocycles. The van der Waals surface area contributed by atoms with Gasteiger partial charge in [-0.3, -0.25) is 4.79 Å². The molecule has 0 N–H and O–H groups in total. The second-order valence-electron chi connectivity index (χ2n) is 6.30. The van der Waals surface area contributed by atoms with Gasteiger partial charge in [0.05, 0.1) is 6.61 Å². The highest BCUT2D eigenvalue weighted by Crippen LogP contribution is 2.38. The van der Waals surface area contributed by atoms with Crippen molar-refractivity contribution in [2.24, 2.45) is 0 Å². The van der Waals surface area contributed by atoms with Gasteiger partial charge in [-0.25, -0.2) is 4.79 Å². The summed E-state index contributed by atoms with van der Waals surface area (Å²) in [7, 11) is 0. The third-order valence-corrected chi connectivity index (χ3v) is 4.93. The van der Waals surface area contributed by atoms with E-state index < -0.39 is 11.4 Å². The Kier molecular flexibility index (Phi) is 3.45. The predicted octanol–water partition coefficient (Wildman–Crippen LogP) is 2.93. The van der Waals surface area contributed by atoms with E-state index in [0.717, 1.165) is 31.1 Å². The molecule has 1 amide bonds. The van der Waals surface area contributed by atoms with Crippen LogP contribution in [0.15, 0.2) is 39.5 Å². The number of amides is 1. The molecule has 0 bridgehead atoms. The summed E-state index contributed by atoms with van der Waals surface area (Å²) in [5, 5.41) is 0.758. The van der Waals surface area contributed by atoms with Crippen molar-refractivity contribution in [2.45, 2.75) is 37.8 Å². The highest BCUT2D eigenvalue weighted by atomic mass is 16.5. The first-order valence-electron chi connectivity index (χ1n) is 8.18. The van der Waals surface area contributed by atoms with Gasteiger partial charge in [0.25, 0.3) is 5.91 Å². The van der Waals surface area contributed by atoms with Gasteiger partial charge in [0, 0.05) is 11.9 Å². The molecule has 0 unspecified atom stereocenters. The van der Waals surface area contributed by atoms with E-state index in [1.54, 1.807) is 23.1 Å². The van der Waals surface area contributed by atoms with Crippen molar-refractivity contribution in [3.63, 3.8) is 0 Å². The summed E-state index contributed by atoms with van der Waals surface area (Å²) in [6.07, 6.45) is 4.97. The third kappa shape index (κ3) is 2.36. The Labute approximate surface area is 133 Å². The standard InChI is InChI=1S/C18H19NO4/c20-16(19-10-11-22-18(19)8-4-1-5-9-18)14-12-13-6-2-3-7-15(13)23-17(14)21/h2-3,6-7,12H,1,4-5,8-11H2. The fourth-order valence-corrected chi connectivity index (χ4v) is 3.77. The highest BCUT2D eigenvalue weighted by Gasteiger charge is 2.46. The van der Waals surface area contributed by atoms with Crippen LogP contribution in [0.1, 0.15) is 42.5 Å². The zero-order valence-corrected chi connectivity index (χ0v) is 12.9. The molecule has 2 fully saturated rings. The summed E-state index contributed by atoms with van der Waals surface area (Å²) < 4.78 is 11.2. The zero-order chi connectivity index (χ0) is 15.9. The SMILES string of the molecule is O=C(c1cc2ccccc2oc1=O)N1CCOC12CCCCC2. The van der Waals surface area contributed by atoms with Crippen molar-refractivity contribution in [1.29, 1.82) is 0 Å². The Bertz CT molecular complexity index is 804. The van der Waals surface area contributed by atoms with Crippen molar-refractivity contribution in [1.82, 2.24) is 4.90 Å². The fraction of sp³-hybridized carbons (Fsp3) is 0.444. The minimum atomic E-state index is -0.577. The number of hydrogen-bond acceptors (Lipinski definition) is 4. The monoisotopic (exact) mass is 313 g/mol. The predicted molar refractivity (Wildman–Crippen MR) is 85.3 cm³/mol. The lowest BCUT2D eigenvalue weighted by molar-refractivity contribution is -0.0919. The van der Waals surface area contributed by atoms with Crippen LogP contribution in [0.2, 0.25) is 0 Å². The maximum absolute atomic E-state index is 13.0. The summed E-state index contributed by atoms with van der Waals surface area (Å²) >= 11 is 0. The molecule has 1 aromatic carbocycles. The van der Waals surface area contributed by atoms with Crippen LogP contribution >= 0.6 is 0 Å². The van der Waals surface area contributed by atoms with Crippen LogP contribution in [-0.4, -0.2) is 29.7 Å². The van der Waals surface area contributed by atoms with Crippen molar-refractivity contribution < 1.29 is 13.9 Å². The molecule has 4 rings (SSSR count). The molecule has 1 aliphatic carbocycles. The molecule has 23 heavy (non-hydrogen) atoms. The lowest BCUT2D eigenvalue weighted by atomic mass is 9.90. The van der Waals surface area contributed by atoms with Gasteiger partial charge in [0.15, 0.2) is 0 Å². The maximum atomic E-state index is 13.0. The van der Waals surface area contributed by atoms with Gasteiger partial charge in [-0.1, -0.05) is 24.6 Å². The largest absolute Gasteiger partial charge is 0.422 e. The molecule has 120 valence electrons. The molecule has 1 aromatic heterocycles. The van der Waals surface area contributed by atoms with E-state index in [1.807, 2.05) is 12.1 Å². The molecular weight excluding hydrogens is 294 g/mol. The molecule has 2 heterocycles. The van der Waals surface area contributed by atoms with Gasteiger partial charge < -0.3 is 14.1 Å². The number of hydrogen-bond donors (Lipinski definition) is 0. The van der Waals surface area contributed by atoms with Crippen LogP contribution in [0.3, 0.4) is 0 Å². The van der Waals surface area contributed by atoms with Gasteiger partial charge in [-0.05, 0) is 37.8 Å². The van der Waals surface area contributed by atoms with Crippen molar-refractivity contribution >= 4 is 16.9 Å². The van der Waals surface area contributed by atoms with Crippen molar-refractivity contribution in [3.8, 4) is 0 Å². The fourth-order valence-electron chi connectivity index (χ4n) is 3.77. The van der Waals surface area contributed by atoms with E-state index in [9.17, 15) is 9.59 Å². The number of ether oxygens (including phenoxy) is 1. The minimum absolute atomic E-state index is 0.0964. The average Bonchev–Trinajstić information content (AvgIpc) is 2.97. The lowest BCUT2D eigenvalue weighted by Gasteiger charge is -2.39. The summed E-state index contributed by atoms with van der Waals surface area (Å²) in [5.74, 6) is -0.274. The molecule has 5 nitrogen and oxygen atoms in total. The molecule has 0 atom stereocenters. The van der Waals surface area contributed by atoms with Crippen molar-refractivity contribution in [2.75, 3.05) is 13.2 Å². The van der Waals surface area contributed by atoms with E-state index >= 15 is 0 Å². The van der Waals surface area contributed by atoms with Crippen LogP contribution in [-0.2, 0) is 4.74 Å². The Balaban J connectivity index is 1.74. The van der Waals surface area contributed by atoms with Gasteiger partial charge in [0.2, 0.25) is 0 Å². The first-order valence-corrected chi connectivity index (χ1v) is 8.18. The second-order valence-corrected chi connectivity index (χ2v) is 6.30. The van der Waals surface area contributed by atoms with Crippen LogP contribution in [0.4, 0.5) is 0 Å². The van der Waals surface area contributed by atoms with E-state index in [4.69, 9.17) is 9.15 Å². The van der Waals surface area contributed by atoms with Crippen LogP contribution in [0.25, 0.3) is 11.0 Å². The quantitative estimate of drug-likeness (QED) is 0.760. The summed E-state index contributed by atoms with van der Waals surface area (Å²) in [5.41, 5.74) is -0.502. The van der Waals surface area contributed by atoms with Gasteiger partial charge in [-0.2, -0.15) is 0 Å². The number of carbonyl (C=O) groups excluding carboxylic acids is 1. The normalized spacial score (nSPS) is 20.3. The molecule has 1 aliphatic heterocycles. The lowest BCUT2D eigenvalue weighted by Crippen LogP contribution is -2.50. The smallest absolute Gasteiger partial charge is 0.349 e. The molecule has 5 heteroatoms. The minimum Gasteiger partial charge on any atom is -0.422 e. The number of carbonyl (C=O) groups is 1. The first kappa shape index (κ1) is 14.5.